The molecule has 1 amide bonds. The molecular weight excluding hydrogens is 356 g/mol. The first-order chi connectivity index (χ1) is 13.3. The van der Waals surface area contributed by atoms with E-state index in [2.05, 4.69) is 19.2 Å². The highest BCUT2D eigenvalue weighted by Gasteiger charge is 2.19. The Morgan fingerprint density at radius 2 is 1.86 bits per heavy atom. The summed E-state index contributed by atoms with van der Waals surface area (Å²) in [6, 6.07) is 14.5. The van der Waals surface area contributed by atoms with Crippen molar-refractivity contribution in [2.24, 2.45) is 0 Å². The zero-order valence-corrected chi connectivity index (χ0v) is 16.5. The lowest BCUT2D eigenvalue weighted by atomic mass is 10.0. The van der Waals surface area contributed by atoms with Crippen molar-refractivity contribution in [1.82, 2.24) is 0 Å². The number of amides is 1. The molecule has 2 aromatic rings. The highest BCUT2D eigenvalue weighted by Crippen LogP contribution is 2.24. The van der Waals surface area contributed by atoms with E-state index in [0.29, 0.717) is 22.9 Å². The Labute approximate surface area is 165 Å². The second-order valence-corrected chi connectivity index (χ2v) is 6.75. The zero-order valence-electron chi connectivity index (χ0n) is 16.5. The highest BCUT2D eigenvalue weighted by atomic mass is 16.6. The van der Waals surface area contributed by atoms with Crippen LogP contribution < -0.4 is 10.1 Å². The molecule has 0 aliphatic heterocycles. The van der Waals surface area contributed by atoms with Crippen LogP contribution in [0.15, 0.2) is 42.5 Å². The third-order valence-electron chi connectivity index (χ3n) is 4.21. The fraction of sp³-hybridized carbons (Fsp3) is 0.318. The summed E-state index contributed by atoms with van der Waals surface area (Å²) in [5, 5.41) is 11.7. The molecule has 0 saturated heterocycles. The van der Waals surface area contributed by atoms with Gasteiger partial charge in [0.15, 0.2) is 12.7 Å². The molecular formula is C22H24N2O4. The van der Waals surface area contributed by atoms with Crippen molar-refractivity contribution < 1.29 is 19.1 Å². The van der Waals surface area contributed by atoms with Gasteiger partial charge in [0.25, 0.3) is 5.91 Å². The molecule has 2 aromatic carbocycles. The van der Waals surface area contributed by atoms with Crippen LogP contribution in [0.1, 0.15) is 43.4 Å². The minimum Gasteiger partial charge on any atom is -0.482 e. The molecule has 0 aliphatic carbocycles. The first-order valence-corrected chi connectivity index (χ1v) is 9.04. The van der Waals surface area contributed by atoms with Crippen LogP contribution in [0.5, 0.6) is 5.75 Å². The molecule has 0 aliphatic rings. The summed E-state index contributed by atoms with van der Waals surface area (Å²) in [4.78, 5) is 24.3. The maximum atomic E-state index is 12.2. The van der Waals surface area contributed by atoms with Gasteiger partial charge in [-0.05, 0) is 49.1 Å². The molecule has 6 nitrogen and oxygen atoms in total. The van der Waals surface area contributed by atoms with Crippen molar-refractivity contribution in [2.75, 3.05) is 11.9 Å². The second-order valence-electron chi connectivity index (χ2n) is 6.75. The SMILES string of the molecule is Cc1ccc(C(C)C)cc1OCC(=O)O[C@@H](C)C(=O)Nc1ccccc1C#N. The number of anilines is 1. The van der Waals surface area contributed by atoms with E-state index in [1.807, 2.05) is 31.2 Å². The average Bonchev–Trinajstić information content (AvgIpc) is 2.67. The number of esters is 1. The van der Waals surface area contributed by atoms with Gasteiger partial charge in [0.05, 0.1) is 11.3 Å². The predicted molar refractivity (Wildman–Crippen MR) is 106 cm³/mol. The molecule has 146 valence electrons. The molecule has 28 heavy (non-hydrogen) atoms. The number of nitrogens with one attached hydrogen (secondary N) is 1. The van der Waals surface area contributed by atoms with Crippen molar-refractivity contribution in [3.05, 3.63) is 59.2 Å². The van der Waals surface area contributed by atoms with Gasteiger partial charge in [-0.1, -0.05) is 38.1 Å². The summed E-state index contributed by atoms with van der Waals surface area (Å²) in [6.07, 6.45) is -1.02. The van der Waals surface area contributed by atoms with E-state index in [0.717, 1.165) is 11.1 Å². The fourth-order valence-electron chi connectivity index (χ4n) is 2.48. The van der Waals surface area contributed by atoms with Crippen LogP contribution in [-0.2, 0) is 14.3 Å². The van der Waals surface area contributed by atoms with Gasteiger partial charge in [-0.2, -0.15) is 5.26 Å². The summed E-state index contributed by atoms with van der Waals surface area (Å²) in [5.41, 5.74) is 2.72. The molecule has 6 heteroatoms. The number of carbonyl (C=O) groups is 2. The number of aryl methyl sites for hydroxylation is 1. The van der Waals surface area contributed by atoms with Crippen molar-refractivity contribution >= 4 is 17.6 Å². The predicted octanol–water partition coefficient (Wildman–Crippen LogP) is 3.94. The highest BCUT2D eigenvalue weighted by molar-refractivity contribution is 5.96. The third-order valence-corrected chi connectivity index (χ3v) is 4.21. The van der Waals surface area contributed by atoms with E-state index in [1.54, 1.807) is 24.3 Å². The first-order valence-electron chi connectivity index (χ1n) is 9.04. The monoisotopic (exact) mass is 380 g/mol. The Bertz CT molecular complexity index is 900. The largest absolute Gasteiger partial charge is 0.482 e. The molecule has 0 bridgehead atoms. The van der Waals surface area contributed by atoms with Crippen LogP contribution in [0.4, 0.5) is 5.69 Å². The lowest BCUT2D eigenvalue weighted by molar-refractivity contribution is -0.155. The van der Waals surface area contributed by atoms with Crippen molar-refractivity contribution in [3.63, 3.8) is 0 Å². The van der Waals surface area contributed by atoms with Crippen LogP contribution in [0.3, 0.4) is 0 Å². The van der Waals surface area contributed by atoms with E-state index >= 15 is 0 Å². The Morgan fingerprint density at radius 1 is 1.14 bits per heavy atom. The number of hydrogen-bond acceptors (Lipinski definition) is 5. The Kier molecular flexibility index (Phi) is 7.16. The summed E-state index contributed by atoms with van der Waals surface area (Å²) >= 11 is 0. The van der Waals surface area contributed by atoms with E-state index in [9.17, 15) is 9.59 Å². The molecule has 0 radical (unpaired) electrons. The minimum absolute atomic E-state index is 0.297. The normalized spacial score (nSPS) is 11.4. The van der Waals surface area contributed by atoms with Gasteiger partial charge in [0.2, 0.25) is 0 Å². The summed E-state index contributed by atoms with van der Waals surface area (Å²) in [6.45, 7) is 7.22. The number of benzene rings is 2. The second kappa shape index (κ2) is 9.56. The molecule has 0 fully saturated rings. The number of ether oxygens (including phenoxy) is 2. The molecule has 0 spiro atoms. The van der Waals surface area contributed by atoms with Gasteiger partial charge in [-0.25, -0.2) is 4.79 Å². The smallest absolute Gasteiger partial charge is 0.344 e. The van der Waals surface area contributed by atoms with Gasteiger partial charge >= 0.3 is 5.97 Å². The van der Waals surface area contributed by atoms with E-state index in [4.69, 9.17) is 14.7 Å². The van der Waals surface area contributed by atoms with E-state index < -0.39 is 18.0 Å². The van der Waals surface area contributed by atoms with Crippen LogP contribution in [0, 0.1) is 18.3 Å². The molecule has 1 N–H and O–H groups in total. The van der Waals surface area contributed by atoms with Gasteiger partial charge in [0, 0.05) is 0 Å². The quantitative estimate of drug-likeness (QED) is 0.735. The maximum Gasteiger partial charge on any atom is 0.344 e. The minimum atomic E-state index is -1.02. The van der Waals surface area contributed by atoms with Crippen molar-refractivity contribution in [3.8, 4) is 11.8 Å². The third kappa shape index (κ3) is 5.58. The average molecular weight is 380 g/mol. The van der Waals surface area contributed by atoms with Crippen molar-refractivity contribution in [2.45, 2.75) is 39.7 Å². The Hall–Kier alpha value is -3.33. The van der Waals surface area contributed by atoms with Crippen LogP contribution >= 0.6 is 0 Å². The van der Waals surface area contributed by atoms with Crippen LogP contribution in [0.25, 0.3) is 0 Å². The van der Waals surface area contributed by atoms with E-state index in [-0.39, 0.29) is 6.61 Å². The molecule has 1 atom stereocenters. The summed E-state index contributed by atoms with van der Waals surface area (Å²) in [5.74, 6) is -0.210. The number of nitrogens with zero attached hydrogens (tertiary/aromatic N) is 1. The summed E-state index contributed by atoms with van der Waals surface area (Å²) in [7, 11) is 0. The summed E-state index contributed by atoms with van der Waals surface area (Å²) < 4.78 is 10.7. The fourth-order valence-corrected chi connectivity index (χ4v) is 2.48. The lowest BCUT2D eigenvalue weighted by Crippen LogP contribution is -2.32. The number of carbonyl (C=O) groups excluding carboxylic acids is 2. The first kappa shape index (κ1) is 21.0. The van der Waals surface area contributed by atoms with Crippen LogP contribution in [0.2, 0.25) is 0 Å². The molecule has 2 rings (SSSR count). The Balaban J connectivity index is 1.91. The molecule has 0 aromatic heterocycles. The number of hydrogen-bond donors (Lipinski definition) is 1. The Morgan fingerprint density at radius 3 is 2.54 bits per heavy atom. The zero-order chi connectivity index (χ0) is 20.7. The number of rotatable bonds is 7. The van der Waals surface area contributed by atoms with Gasteiger partial charge < -0.3 is 14.8 Å². The number of para-hydroxylation sites is 1. The van der Waals surface area contributed by atoms with Gasteiger partial charge in [-0.15, -0.1) is 0 Å². The lowest BCUT2D eigenvalue weighted by Gasteiger charge is -2.15. The number of nitriles is 1. The molecule has 0 heterocycles. The standard InChI is InChI=1S/C22H24N2O4/c1-14(2)17-10-9-15(3)20(11-17)27-13-21(25)28-16(4)22(26)24-19-8-6-5-7-18(19)12-23/h5-11,14,16H,13H2,1-4H3,(H,24,26)/t16-/m0/s1. The maximum absolute atomic E-state index is 12.2. The topological polar surface area (TPSA) is 88.4 Å². The van der Waals surface area contributed by atoms with Gasteiger partial charge in [0.1, 0.15) is 11.8 Å². The molecule has 0 saturated carbocycles. The molecule has 0 unspecified atom stereocenters. The van der Waals surface area contributed by atoms with Crippen molar-refractivity contribution in [1.29, 1.82) is 5.26 Å². The van der Waals surface area contributed by atoms with E-state index in [1.165, 1.54) is 6.92 Å². The van der Waals surface area contributed by atoms with Gasteiger partial charge in [-0.3, -0.25) is 4.79 Å². The van der Waals surface area contributed by atoms with Crippen LogP contribution in [-0.4, -0.2) is 24.6 Å².